The molecule has 3 aliphatic rings. The minimum Gasteiger partial charge on any atom is -0.481 e. The maximum atomic E-state index is 13.9. The van der Waals surface area contributed by atoms with E-state index in [1.54, 1.807) is 17.0 Å². The molecule has 7 nitrogen and oxygen atoms in total. The smallest absolute Gasteiger partial charge is 0.481 e. The van der Waals surface area contributed by atoms with Gasteiger partial charge in [-0.15, -0.1) is 13.2 Å². The molecular formula is C27H27F3N2O5. The largest absolute Gasteiger partial charge is 0.573 e. The van der Waals surface area contributed by atoms with Crippen molar-refractivity contribution in [2.24, 2.45) is 5.92 Å². The summed E-state index contributed by atoms with van der Waals surface area (Å²) in [6.45, 7) is 0. The van der Waals surface area contributed by atoms with Gasteiger partial charge in [-0.2, -0.15) is 0 Å². The molecule has 0 radical (unpaired) electrons. The van der Waals surface area contributed by atoms with Crippen molar-refractivity contribution in [1.82, 2.24) is 4.90 Å². The SMILES string of the molecule is O=C(O)CCC(=O)N(C1CC1)[C@H]1c2ccccc2N(C(=O)c2ccccc2OC(F)(F)F)[C@@H]2CCC[C@@H]21. The number of hydrogen-bond acceptors (Lipinski definition) is 4. The molecule has 1 aliphatic heterocycles. The molecule has 2 amide bonds. The molecule has 1 heterocycles. The highest BCUT2D eigenvalue weighted by Crippen LogP contribution is 2.53. The normalized spacial score (nSPS) is 22.7. The molecule has 0 unspecified atom stereocenters. The number of carbonyl (C=O) groups excluding carboxylic acids is 2. The zero-order valence-corrected chi connectivity index (χ0v) is 20.0. The highest BCUT2D eigenvalue weighted by atomic mass is 19.4. The van der Waals surface area contributed by atoms with Crippen LogP contribution in [0.3, 0.4) is 0 Å². The van der Waals surface area contributed by atoms with Crippen molar-refractivity contribution in [2.45, 2.75) is 69.4 Å². The van der Waals surface area contributed by atoms with E-state index in [4.69, 9.17) is 5.11 Å². The zero-order chi connectivity index (χ0) is 26.3. The average Bonchev–Trinajstić information content (AvgIpc) is 3.57. The first-order valence-corrected chi connectivity index (χ1v) is 12.5. The number of carbonyl (C=O) groups is 3. The van der Waals surface area contributed by atoms with Crippen LogP contribution in [0.1, 0.15) is 66.9 Å². The fraction of sp³-hybridized carbons (Fsp3) is 0.444. The summed E-state index contributed by atoms with van der Waals surface area (Å²) in [6, 6.07) is 11.9. The number of rotatable bonds is 7. The topological polar surface area (TPSA) is 87.2 Å². The van der Waals surface area contributed by atoms with Crippen LogP contribution >= 0.6 is 0 Å². The van der Waals surface area contributed by atoms with Crippen LogP contribution in [0, 0.1) is 5.92 Å². The Bertz CT molecular complexity index is 1210. The van der Waals surface area contributed by atoms with E-state index >= 15 is 0 Å². The number of halogens is 3. The predicted molar refractivity (Wildman–Crippen MR) is 127 cm³/mol. The van der Waals surface area contributed by atoms with Gasteiger partial charge in [-0.05, 0) is 49.4 Å². The number of benzene rings is 2. The first-order chi connectivity index (χ1) is 17.7. The number of alkyl halides is 3. The van der Waals surface area contributed by atoms with Crippen LogP contribution in [0.5, 0.6) is 5.75 Å². The summed E-state index contributed by atoms with van der Waals surface area (Å²) in [5.41, 5.74) is 1.12. The third kappa shape index (κ3) is 5.01. The number of carboxylic acid groups (broad SMARTS) is 1. The lowest BCUT2D eigenvalue weighted by molar-refractivity contribution is -0.274. The Morgan fingerprint density at radius 3 is 2.38 bits per heavy atom. The molecule has 0 spiro atoms. The van der Waals surface area contributed by atoms with Crippen molar-refractivity contribution < 1.29 is 37.4 Å². The van der Waals surface area contributed by atoms with Crippen molar-refractivity contribution in [1.29, 1.82) is 0 Å². The van der Waals surface area contributed by atoms with Gasteiger partial charge in [0.15, 0.2) is 0 Å². The van der Waals surface area contributed by atoms with E-state index in [1.807, 2.05) is 17.0 Å². The summed E-state index contributed by atoms with van der Waals surface area (Å²) in [7, 11) is 0. The first kappa shape index (κ1) is 25.1. The second-order valence-electron chi connectivity index (χ2n) is 9.81. The Kier molecular flexibility index (Phi) is 6.59. The van der Waals surface area contributed by atoms with E-state index in [-0.39, 0.29) is 48.4 Å². The number of ether oxygens (including phenoxy) is 1. The molecule has 0 aromatic heterocycles. The molecule has 1 N–H and O–H groups in total. The molecule has 2 aromatic carbocycles. The molecule has 0 bridgehead atoms. The molecule has 196 valence electrons. The lowest BCUT2D eigenvalue weighted by Gasteiger charge is -2.48. The molecule has 2 fully saturated rings. The highest BCUT2D eigenvalue weighted by molar-refractivity contribution is 6.09. The lowest BCUT2D eigenvalue weighted by Crippen LogP contribution is -2.53. The molecular weight excluding hydrogens is 489 g/mol. The second-order valence-corrected chi connectivity index (χ2v) is 9.81. The van der Waals surface area contributed by atoms with Gasteiger partial charge >= 0.3 is 12.3 Å². The minimum atomic E-state index is -4.95. The average molecular weight is 517 g/mol. The maximum Gasteiger partial charge on any atom is 0.573 e. The van der Waals surface area contributed by atoms with E-state index < -0.39 is 24.0 Å². The van der Waals surface area contributed by atoms with Crippen molar-refractivity contribution in [3.8, 4) is 5.75 Å². The monoisotopic (exact) mass is 516 g/mol. The number of carboxylic acids is 1. The molecule has 2 aliphatic carbocycles. The summed E-state index contributed by atoms with van der Waals surface area (Å²) in [6.07, 6.45) is -1.46. The summed E-state index contributed by atoms with van der Waals surface area (Å²) >= 11 is 0. The van der Waals surface area contributed by atoms with Crippen LogP contribution in [-0.2, 0) is 9.59 Å². The van der Waals surface area contributed by atoms with E-state index in [9.17, 15) is 27.6 Å². The molecule has 10 heteroatoms. The maximum absolute atomic E-state index is 13.9. The quantitative estimate of drug-likeness (QED) is 0.539. The van der Waals surface area contributed by atoms with E-state index in [0.717, 1.165) is 37.3 Å². The van der Waals surface area contributed by atoms with Crippen LogP contribution in [0.2, 0.25) is 0 Å². The zero-order valence-electron chi connectivity index (χ0n) is 20.0. The number of nitrogens with zero attached hydrogens (tertiary/aromatic N) is 2. The molecule has 2 aromatic rings. The number of amides is 2. The Balaban J connectivity index is 1.56. The summed E-state index contributed by atoms with van der Waals surface area (Å²) < 4.78 is 43.4. The third-order valence-corrected chi connectivity index (χ3v) is 7.43. The van der Waals surface area contributed by atoms with Gasteiger partial charge in [0, 0.05) is 30.1 Å². The van der Waals surface area contributed by atoms with Crippen molar-refractivity contribution in [3.05, 3.63) is 59.7 Å². The number of fused-ring (bicyclic) bond motifs is 2. The lowest BCUT2D eigenvalue weighted by atomic mass is 9.81. The van der Waals surface area contributed by atoms with Crippen LogP contribution in [0.15, 0.2) is 48.5 Å². The van der Waals surface area contributed by atoms with E-state index in [1.165, 1.54) is 18.2 Å². The Hall–Kier alpha value is -3.56. The van der Waals surface area contributed by atoms with Crippen molar-refractivity contribution >= 4 is 23.5 Å². The van der Waals surface area contributed by atoms with E-state index in [2.05, 4.69) is 4.74 Å². The molecule has 37 heavy (non-hydrogen) atoms. The van der Waals surface area contributed by atoms with Gasteiger partial charge < -0.3 is 19.6 Å². The van der Waals surface area contributed by atoms with Gasteiger partial charge in [0.05, 0.1) is 18.0 Å². The summed E-state index contributed by atoms with van der Waals surface area (Å²) in [5.74, 6) is -2.53. The number of para-hydroxylation sites is 2. The number of anilines is 1. The van der Waals surface area contributed by atoms with Crippen molar-refractivity contribution in [3.63, 3.8) is 0 Å². The number of aliphatic carboxylic acids is 1. The molecule has 0 saturated heterocycles. The van der Waals surface area contributed by atoms with Gasteiger partial charge in [-0.25, -0.2) is 0 Å². The fourth-order valence-electron chi connectivity index (χ4n) is 5.91. The predicted octanol–water partition coefficient (Wildman–Crippen LogP) is 5.31. The second kappa shape index (κ2) is 9.72. The molecule has 3 atom stereocenters. The highest BCUT2D eigenvalue weighted by Gasteiger charge is 2.51. The fourth-order valence-corrected chi connectivity index (χ4v) is 5.91. The van der Waals surface area contributed by atoms with Crippen LogP contribution in [0.25, 0.3) is 0 Å². The van der Waals surface area contributed by atoms with Gasteiger partial charge in [0.25, 0.3) is 5.91 Å². The number of hydrogen-bond donors (Lipinski definition) is 1. The van der Waals surface area contributed by atoms with Gasteiger partial charge in [-0.3, -0.25) is 14.4 Å². The standard InChI is InChI=1S/C27H27F3N2O5/c28-27(29,30)37-22-11-4-2-7-19(22)26(36)32-20-9-3-1-6-17(20)25(18-8-5-10-21(18)32)31(16-12-13-16)23(33)14-15-24(34)35/h1-4,6-7,9,11,16,18,21,25H,5,8,10,12-15H2,(H,34,35)/t18-,21+,25-/m0/s1. The Morgan fingerprint density at radius 2 is 1.68 bits per heavy atom. The van der Waals surface area contributed by atoms with E-state index in [0.29, 0.717) is 12.1 Å². The Labute approximate surface area is 211 Å². The van der Waals surface area contributed by atoms with Crippen molar-refractivity contribution in [2.75, 3.05) is 4.90 Å². The van der Waals surface area contributed by atoms with Gasteiger partial charge in [-0.1, -0.05) is 36.8 Å². The van der Waals surface area contributed by atoms with Gasteiger partial charge in [0.1, 0.15) is 5.75 Å². The summed E-state index contributed by atoms with van der Waals surface area (Å²) in [5, 5.41) is 9.12. The van der Waals surface area contributed by atoms with Crippen LogP contribution in [0.4, 0.5) is 18.9 Å². The van der Waals surface area contributed by atoms with Crippen LogP contribution < -0.4 is 9.64 Å². The molecule has 2 saturated carbocycles. The third-order valence-electron chi connectivity index (χ3n) is 7.43. The Morgan fingerprint density at radius 1 is 0.973 bits per heavy atom. The minimum absolute atomic E-state index is 0.0174. The van der Waals surface area contributed by atoms with Crippen LogP contribution in [-0.4, -0.2) is 46.2 Å². The summed E-state index contributed by atoms with van der Waals surface area (Å²) in [4.78, 5) is 41.7. The first-order valence-electron chi connectivity index (χ1n) is 12.5. The molecule has 5 rings (SSSR count). The van der Waals surface area contributed by atoms with Gasteiger partial charge in [0.2, 0.25) is 5.91 Å².